The molecule has 1 aliphatic heterocycles. The molecule has 9 heteroatoms. The van der Waals surface area contributed by atoms with Crippen LogP contribution in [0.4, 0.5) is 0 Å². The van der Waals surface area contributed by atoms with Gasteiger partial charge in [0.25, 0.3) is 0 Å². The number of ether oxygens (including phenoxy) is 6. The summed E-state index contributed by atoms with van der Waals surface area (Å²) in [6.45, 7) is 5.83. The largest absolute Gasteiger partial charge is 0.493 e. The molecular weight excluding hydrogens is 516 g/mol. The lowest BCUT2D eigenvalue weighted by Crippen LogP contribution is -2.58. The lowest BCUT2D eigenvalue weighted by Gasteiger charge is -2.45. The molecule has 3 fully saturated rings. The number of methoxy groups -OCH3 is 4. The highest BCUT2D eigenvalue weighted by atomic mass is 16.6. The van der Waals surface area contributed by atoms with Crippen molar-refractivity contribution in [2.24, 2.45) is 16.2 Å². The molecule has 0 aromatic heterocycles. The predicted octanol–water partition coefficient (Wildman–Crippen LogP) is 4.40. The number of hydrogen-bond donors (Lipinski definition) is 0. The first-order chi connectivity index (χ1) is 19.0. The number of fused-ring (bicyclic) bond motifs is 3. The number of esters is 2. The molecule has 4 atom stereocenters. The maximum atomic E-state index is 14.2. The monoisotopic (exact) mass is 550 g/mol. The molecule has 40 heavy (non-hydrogen) atoms. The summed E-state index contributed by atoms with van der Waals surface area (Å²) >= 11 is 0. The number of aryl methyl sites for hydroxylation is 1. The average Bonchev–Trinajstić information content (AvgIpc) is 3.41. The predicted molar refractivity (Wildman–Crippen MR) is 144 cm³/mol. The van der Waals surface area contributed by atoms with Crippen molar-refractivity contribution >= 4 is 11.9 Å². The molecule has 1 spiro atoms. The highest BCUT2D eigenvalue weighted by Crippen LogP contribution is 2.90. The zero-order valence-electron chi connectivity index (χ0n) is 23.9. The molecule has 0 bridgehead atoms. The van der Waals surface area contributed by atoms with E-state index in [-0.39, 0.29) is 17.1 Å². The summed E-state index contributed by atoms with van der Waals surface area (Å²) in [7, 11) is 6.08. The Labute approximate surface area is 232 Å². The zero-order valence-corrected chi connectivity index (χ0v) is 23.9. The molecule has 0 amide bonds. The summed E-state index contributed by atoms with van der Waals surface area (Å²) in [4.78, 5) is 39.8. The van der Waals surface area contributed by atoms with Crippen LogP contribution in [-0.2, 0) is 25.5 Å². The van der Waals surface area contributed by atoms with Crippen LogP contribution in [0, 0.1) is 16.2 Å². The van der Waals surface area contributed by atoms with Gasteiger partial charge in [-0.1, -0.05) is 13.8 Å². The molecule has 0 radical (unpaired) electrons. The molecule has 2 aromatic rings. The van der Waals surface area contributed by atoms with Gasteiger partial charge in [-0.15, -0.1) is 0 Å². The van der Waals surface area contributed by atoms with Crippen molar-refractivity contribution in [3.05, 3.63) is 45.6 Å². The van der Waals surface area contributed by atoms with E-state index >= 15 is 0 Å². The van der Waals surface area contributed by atoms with E-state index in [0.29, 0.717) is 54.1 Å². The van der Waals surface area contributed by atoms with Gasteiger partial charge in [-0.25, -0.2) is 0 Å². The molecule has 2 saturated carbocycles. The first-order valence-corrected chi connectivity index (χ1v) is 13.5. The normalized spacial score (nSPS) is 30.2. The van der Waals surface area contributed by atoms with Gasteiger partial charge >= 0.3 is 11.9 Å². The van der Waals surface area contributed by atoms with E-state index in [1.807, 2.05) is 26.8 Å². The third-order valence-electron chi connectivity index (χ3n) is 10.2. The molecule has 1 saturated heterocycles. The van der Waals surface area contributed by atoms with Crippen molar-refractivity contribution in [1.82, 2.24) is 0 Å². The van der Waals surface area contributed by atoms with Crippen molar-refractivity contribution in [3.63, 3.8) is 0 Å². The van der Waals surface area contributed by atoms with Crippen molar-refractivity contribution < 1.29 is 38.0 Å². The molecule has 4 aliphatic rings. The van der Waals surface area contributed by atoms with Gasteiger partial charge in [0.05, 0.1) is 28.4 Å². The second-order valence-electron chi connectivity index (χ2n) is 11.8. The van der Waals surface area contributed by atoms with Crippen LogP contribution in [-0.4, -0.2) is 46.0 Å². The maximum absolute atomic E-state index is 14.2. The third kappa shape index (κ3) is 2.80. The Morgan fingerprint density at radius 3 is 2.23 bits per heavy atom. The van der Waals surface area contributed by atoms with Crippen molar-refractivity contribution in [3.8, 4) is 34.1 Å². The number of rotatable bonds is 6. The molecular formula is C31H34O9. The Morgan fingerprint density at radius 2 is 1.60 bits per heavy atom. The van der Waals surface area contributed by atoms with E-state index < -0.39 is 33.9 Å². The van der Waals surface area contributed by atoms with Crippen LogP contribution in [0.5, 0.6) is 23.0 Å². The highest BCUT2D eigenvalue weighted by Gasteiger charge is 3.02. The first kappa shape index (κ1) is 26.5. The molecule has 3 aliphatic carbocycles. The summed E-state index contributed by atoms with van der Waals surface area (Å²) in [5.74, 6) is 0.889. The quantitative estimate of drug-likeness (QED) is 0.484. The van der Waals surface area contributed by atoms with E-state index in [4.69, 9.17) is 28.4 Å². The van der Waals surface area contributed by atoms with Crippen LogP contribution < -0.4 is 24.4 Å². The fourth-order valence-electron chi connectivity index (χ4n) is 8.25. The number of hydrogen-bond acceptors (Lipinski definition) is 9. The van der Waals surface area contributed by atoms with Gasteiger partial charge in [-0.2, -0.15) is 0 Å². The van der Waals surface area contributed by atoms with Crippen molar-refractivity contribution in [1.29, 1.82) is 0 Å². The summed E-state index contributed by atoms with van der Waals surface area (Å²) in [5, 5.41) is 0. The zero-order chi connectivity index (χ0) is 28.8. The number of carbonyl (C=O) groups excluding carboxylic acids is 2. The van der Waals surface area contributed by atoms with Crippen molar-refractivity contribution in [2.75, 3.05) is 28.4 Å². The summed E-state index contributed by atoms with van der Waals surface area (Å²) in [6.07, 6.45) is 1.27. The highest BCUT2D eigenvalue weighted by molar-refractivity contribution is 5.98. The van der Waals surface area contributed by atoms with Crippen LogP contribution in [0.25, 0.3) is 11.1 Å². The Balaban J connectivity index is 1.49. The lowest BCUT2D eigenvalue weighted by molar-refractivity contribution is -0.219. The molecule has 212 valence electrons. The van der Waals surface area contributed by atoms with E-state index in [0.717, 1.165) is 11.1 Å². The van der Waals surface area contributed by atoms with Gasteiger partial charge in [-0.3, -0.25) is 14.4 Å². The van der Waals surface area contributed by atoms with Crippen LogP contribution in [0.1, 0.15) is 57.3 Å². The van der Waals surface area contributed by atoms with Crippen molar-refractivity contribution in [2.45, 2.75) is 58.2 Å². The number of benzene rings is 1. The second kappa shape index (κ2) is 8.38. The summed E-state index contributed by atoms with van der Waals surface area (Å²) in [6, 6.07) is 6.77. The van der Waals surface area contributed by atoms with Crippen LogP contribution >= 0.6 is 0 Å². The van der Waals surface area contributed by atoms with Gasteiger partial charge in [0.15, 0.2) is 22.8 Å². The topological polar surface area (TPSA) is 107 Å². The summed E-state index contributed by atoms with van der Waals surface area (Å²) < 4.78 is 34.6. The smallest absolute Gasteiger partial charge is 0.317 e. The third-order valence-corrected chi connectivity index (χ3v) is 10.2. The Kier molecular flexibility index (Phi) is 5.55. The molecule has 6 rings (SSSR count). The molecule has 2 aromatic carbocycles. The number of carbonyl (C=O) groups is 2. The molecule has 4 unspecified atom stereocenters. The molecule has 0 N–H and O–H groups in total. The minimum absolute atomic E-state index is 0.160. The standard InChI is InChI=1S/C31H34O9/c1-28(2)30(13-12-29(3)26(33)40-31(28,29)30)27(34)39-20-10-8-16-14-22(36-5)24(37-6)25(38-7)23(16)17-9-11-21(35-4)19(32)15-18(17)20/h9,11,14-15,20H,8,10,12-13H2,1-7H3. The molecule has 1 heterocycles. The Morgan fingerprint density at radius 1 is 0.900 bits per heavy atom. The van der Waals surface area contributed by atoms with Crippen LogP contribution in [0.3, 0.4) is 0 Å². The minimum Gasteiger partial charge on any atom is -0.493 e. The van der Waals surface area contributed by atoms with Gasteiger partial charge < -0.3 is 28.4 Å². The van der Waals surface area contributed by atoms with E-state index in [1.54, 1.807) is 26.4 Å². The van der Waals surface area contributed by atoms with E-state index in [1.165, 1.54) is 20.3 Å². The fraction of sp³-hybridized carbons (Fsp3) is 0.516. The lowest BCUT2D eigenvalue weighted by atomic mass is 9.72. The van der Waals surface area contributed by atoms with Crippen LogP contribution in [0.15, 0.2) is 29.1 Å². The average molecular weight is 551 g/mol. The van der Waals surface area contributed by atoms with Gasteiger partial charge in [0.1, 0.15) is 16.9 Å². The minimum atomic E-state index is -0.930. The Bertz CT molecular complexity index is 1530. The summed E-state index contributed by atoms with van der Waals surface area (Å²) in [5.41, 5.74) is -0.559. The van der Waals surface area contributed by atoms with Gasteiger partial charge in [-0.05, 0) is 68.0 Å². The fourth-order valence-corrected chi connectivity index (χ4v) is 8.25. The maximum Gasteiger partial charge on any atom is 0.317 e. The van der Waals surface area contributed by atoms with E-state index in [9.17, 15) is 14.4 Å². The van der Waals surface area contributed by atoms with Gasteiger partial charge in [0.2, 0.25) is 11.2 Å². The molecule has 9 nitrogen and oxygen atoms in total. The van der Waals surface area contributed by atoms with Crippen LogP contribution in [0.2, 0.25) is 0 Å². The van der Waals surface area contributed by atoms with Gasteiger partial charge in [0, 0.05) is 16.5 Å². The SMILES string of the molecule is COc1cc2c(c(OC)c1OC)-c1ccc(OC)c(=O)cc1C(OC(=O)C13CCC4(C)C(=O)OC41C3(C)C)CC2. The second-order valence-corrected chi connectivity index (χ2v) is 11.8. The Hall–Kier alpha value is -3.75. The van der Waals surface area contributed by atoms with E-state index in [2.05, 4.69) is 0 Å². The first-order valence-electron chi connectivity index (χ1n) is 13.5.